The van der Waals surface area contributed by atoms with Crippen LogP contribution >= 0.6 is 12.6 Å². The highest BCUT2D eigenvalue weighted by Gasteiger charge is 2.15. The summed E-state index contributed by atoms with van der Waals surface area (Å²) < 4.78 is 0. The van der Waals surface area contributed by atoms with Crippen LogP contribution in [-0.2, 0) is 0 Å². The summed E-state index contributed by atoms with van der Waals surface area (Å²) >= 11 is 5.15. The summed E-state index contributed by atoms with van der Waals surface area (Å²) in [7, 11) is 0. The largest absolute Gasteiger partial charge is 0.142 e. The van der Waals surface area contributed by atoms with Crippen molar-refractivity contribution in [2.24, 2.45) is 0 Å². The first kappa shape index (κ1) is 26.5. The molecule has 0 aliphatic carbocycles. The van der Waals surface area contributed by atoms with Crippen LogP contribution in [0.5, 0.6) is 0 Å². The van der Waals surface area contributed by atoms with E-state index in [2.05, 4.69) is 165 Å². The second-order valence-corrected chi connectivity index (χ2v) is 11.9. The summed E-state index contributed by atoms with van der Waals surface area (Å²) in [5, 5.41) is 7.76. The topological polar surface area (TPSA) is 0 Å². The number of hydrogen-bond donors (Lipinski definition) is 1. The van der Waals surface area contributed by atoms with Gasteiger partial charge < -0.3 is 0 Å². The van der Waals surface area contributed by atoms with Crippen molar-refractivity contribution in [3.8, 4) is 44.5 Å². The maximum absolute atomic E-state index is 5.15. The lowest BCUT2D eigenvalue weighted by Crippen LogP contribution is -1.91. The first-order valence-electron chi connectivity index (χ1n) is 15.1. The zero-order valence-electron chi connectivity index (χ0n) is 24.5. The fourth-order valence-electron chi connectivity index (χ4n) is 6.81. The molecule has 0 aliphatic heterocycles. The summed E-state index contributed by atoms with van der Waals surface area (Å²) in [6.07, 6.45) is 0. The predicted octanol–water partition coefficient (Wildman–Crippen LogP) is 12.4. The van der Waals surface area contributed by atoms with Crippen LogP contribution < -0.4 is 0 Å². The van der Waals surface area contributed by atoms with Crippen molar-refractivity contribution in [2.75, 3.05) is 0 Å². The zero-order valence-corrected chi connectivity index (χ0v) is 25.4. The van der Waals surface area contributed by atoms with Crippen molar-refractivity contribution in [3.05, 3.63) is 163 Å². The Kier molecular flexibility index (Phi) is 6.55. The third kappa shape index (κ3) is 4.40. The summed E-state index contributed by atoms with van der Waals surface area (Å²) in [5.74, 6) is 0. The van der Waals surface area contributed by atoms with E-state index in [-0.39, 0.29) is 0 Å². The second kappa shape index (κ2) is 10.9. The van der Waals surface area contributed by atoms with Crippen LogP contribution in [0.2, 0.25) is 0 Å². The van der Waals surface area contributed by atoms with Gasteiger partial charge in [-0.05, 0) is 101 Å². The molecule has 0 nitrogen and oxygen atoms in total. The lowest BCUT2D eigenvalue weighted by molar-refractivity contribution is 1.39. The standard InChI is InChI=1S/C43H30S/c1-28-33(29-12-3-2-4-13-29)20-10-21-34(28)41-23-11-22-35(43(41)44)32-15-9-14-30(26-32)31-24-25-40-38-18-6-5-16-36(38)37-17-7-8-19-39(37)42(40)27-31/h2-27,44H,1H3. The highest BCUT2D eigenvalue weighted by molar-refractivity contribution is 7.80. The molecule has 0 aliphatic rings. The van der Waals surface area contributed by atoms with Crippen molar-refractivity contribution in [3.63, 3.8) is 0 Å². The molecule has 0 radical (unpaired) electrons. The Morgan fingerprint density at radius 3 is 1.50 bits per heavy atom. The average molecular weight is 579 g/mol. The Morgan fingerprint density at radius 1 is 0.318 bits per heavy atom. The molecule has 0 unspecified atom stereocenters. The fraction of sp³-hybridized carbons (Fsp3) is 0.0233. The van der Waals surface area contributed by atoms with Crippen LogP contribution in [0, 0.1) is 6.92 Å². The molecule has 208 valence electrons. The average Bonchev–Trinajstić information content (AvgIpc) is 3.09. The van der Waals surface area contributed by atoms with Crippen LogP contribution in [0.4, 0.5) is 0 Å². The molecule has 8 aromatic rings. The molecule has 0 heterocycles. The molecule has 44 heavy (non-hydrogen) atoms. The molecule has 1 heteroatoms. The molecular formula is C43H30S. The number of benzene rings is 8. The Hall–Kier alpha value is -5.11. The number of thiol groups is 1. The molecule has 0 amide bonds. The highest BCUT2D eigenvalue weighted by atomic mass is 32.1. The van der Waals surface area contributed by atoms with Crippen LogP contribution in [-0.4, -0.2) is 0 Å². The van der Waals surface area contributed by atoms with Gasteiger partial charge in [0.05, 0.1) is 0 Å². The highest BCUT2D eigenvalue weighted by Crippen LogP contribution is 2.41. The Balaban J connectivity index is 1.24. The van der Waals surface area contributed by atoms with Gasteiger partial charge >= 0.3 is 0 Å². The molecule has 0 bridgehead atoms. The van der Waals surface area contributed by atoms with Crippen molar-refractivity contribution in [1.82, 2.24) is 0 Å². The monoisotopic (exact) mass is 578 g/mol. The Morgan fingerprint density at radius 2 is 0.795 bits per heavy atom. The van der Waals surface area contributed by atoms with Crippen LogP contribution in [0.3, 0.4) is 0 Å². The summed E-state index contributed by atoms with van der Waals surface area (Å²) in [4.78, 5) is 0.994. The van der Waals surface area contributed by atoms with Crippen molar-refractivity contribution in [1.29, 1.82) is 0 Å². The molecule has 0 saturated carbocycles. The van der Waals surface area contributed by atoms with Crippen molar-refractivity contribution in [2.45, 2.75) is 11.8 Å². The lowest BCUT2D eigenvalue weighted by Gasteiger charge is -2.16. The van der Waals surface area contributed by atoms with E-state index in [1.807, 2.05) is 0 Å². The molecule has 8 aromatic carbocycles. The van der Waals surface area contributed by atoms with Gasteiger partial charge in [-0.25, -0.2) is 0 Å². The first-order chi connectivity index (χ1) is 21.7. The number of fused-ring (bicyclic) bond motifs is 6. The van der Waals surface area contributed by atoms with Gasteiger partial charge in [-0.3, -0.25) is 0 Å². The quantitative estimate of drug-likeness (QED) is 0.156. The molecule has 0 fully saturated rings. The molecular weight excluding hydrogens is 549 g/mol. The Bertz CT molecular complexity index is 2310. The number of rotatable bonds is 4. The maximum atomic E-state index is 5.15. The van der Waals surface area contributed by atoms with E-state index < -0.39 is 0 Å². The van der Waals surface area contributed by atoms with E-state index in [0.29, 0.717) is 0 Å². The molecule has 0 spiro atoms. The Labute approximate surface area is 263 Å². The van der Waals surface area contributed by atoms with Gasteiger partial charge in [0, 0.05) is 4.90 Å². The van der Waals surface area contributed by atoms with Gasteiger partial charge in [-0.1, -0.05) is 146 Å². The molecule has 0 aromatic heterocycles. The minimum absolute atomic E-state index is 0.994. The van der Waals surface area contributed by atoms with Gasteiger partial charge in [0.1, 0.15) is 0 Å². The van der Waals surface area contributed by atoms with Crippen molar-refractivity contribution < 1.29 is 0 Å². The summed E-state index contributed by atoms with van der Waals surface area (Å²) in [5.41, 5.74) is 10.8. The molecule has 0 saturated heterocycles. The lowest BCUT2D eigenvalue weighted by atomic mass is 9.90. The fourth-order valence-corrected chi connectivity index (χ4v) is 7.20. The molecule has 8 rings (SSSR count). The maximum Gasteiger partial charge on any atom is 0.0197 e. The van der Waals surface area contributed by atoms with E-state index in [4.69, 9.17) is 12.6 Å². The van der Waals surface area contributed by atoms with Gasteiger partial charge in [-0.2, -0.15) is 0 Å². The zero-order chi connectivity index (χ0) is 29.6. The third-order valence-electron chi connectivity index (χ3n) is 9.00. The van der Waals surface area contributed by atoms with Gasteiger partial charge in [-0.15, -0.1) is 12.6 Å². The minimum atomic E-state index is 0.994. The predicted molar refractivity (Wildman–Crippen MR) is 193 cm³/mol. The summed E-state index contributed by atoms with van der Waals surface area (Å²) in [6, 6.07) is 57.0. The smallest absolute Gasteiger partial charge is 0.0197 e. The first-order valence-corrected chi connectivity index (χ1v) is 15.5. The normalized spacial score (nSPS) is 11.4. The van der Waals surface area contributed by atoms with Crippen LogP contribution in [0.1, 0.15) is 5.56 Å². The van der Waals surface area contributed by atoms with E-state index >= 15 is 0 Å². The van der Waals surface area contributed by atoms with Gasteiger partial charge in [0.25, 0.3) is 0 Å². The molecule has 0 N–H and O–H groups in total. The van der Waals surface area contributed by atoms with E-state index in [1.165, 1.54) is 65.7 Å². The van der Waals surface area contributed by atoms with Crippen LogP contribution in [0.15, 0.2) is 163 Å². The second-order valence-electron chi connectivity index (χ2n) is 11.5. The summed E-state index contributed by atoms with van der Waals surface area (Å²) in [6.45, 7) is 2.21. The van der Waals surface area contributed by atoms with Gasteiger partial charge in [0.15, 0.2) is 0 Å². The van der Waals surface area contributed by atoms with E-state index in [1.54, 1.807) is 0 Å². The van der Waals surface area contributed by atoms with Crippen molar-refractivity contribution >= 4 is 44.9 Å². The SMILES string of the molecule is Cc1c(-c2ccccc2)cccc1-c1cccc(-c2cccc(-c3ccc4c5ccccc5c5ccccc5c4c3)c2)c1S. The van der Waals surface area contributed by atoms with E-state index in [9.17, 15) is 0 Å². The van der Waals surface area contributed by atoms with Crippen LogP contribution in [0.25, 0.3) is 76.8 Å². The third-order valence-corrected chi connectivity index (χ3v) is 9.48. The van der Waals surface area contributed by atoms with Gasteiger partial charge in [0.2, 0.25) is 0 Å². The molecule has 0 atom stereocenters. The number of hydrogen-bond acceptors (Lipinski definition) is 1. The minimum Gasteiger partial charge on any atom is -0.142 e. The van der Waals surface area contributed by atoms with E-state index in [0.717, 1.165) is 21.6 Å².